The van der Waals surface area contributed by atoms with Crippen molar-refractivity contribution in [2.45, 2.75) is 25.2 Å². The first-order chi connectivity index (χ1) is 8.15. The van der Waals surface area contributed by atoms with Crippen LogP contribution in [0.1, 0.15) is 31.0 Å². The third kappa shape index (κ3) is 1.76. The molecule has 0 unspecified atom stereocenters. The predicted octanol–water partition coefficient (Wildman–Crippen LogP) is 3.83. The molecule has 0 atom stereocenters. The molecule has 0 spiro atoms. The normalized spacial score (nSPS) is 16.2. The number of hydrogen-bond acceptors (Lipinski definition) is 2. The fourth-order valence-electron chi connectivity index (χ4n) is 1.95. The maximum absolute atomic E-state index is 13.1. The van der Waals surface area contributed by atoms with Gasteiger partial charge in [0.05, 0.1) is 5.52 Å². The Hall–Kier alpha value is -1.29. The van der Waals surface area contributed by atoms with Crippen molar-refractivity contribution in [3.05, 3.63) is 34.7 Å². The van der Waals surface area contributed by atoms with E-state index in [2.05, 4.69) is 9.97 Å². The van der Waals surface area contributed by atoms with Gasteiger partial charge in [-0.05, 0) is 18.9 Å². The zero-order valence-electron chi connectivity index (χ0n) is 8.88. The summed E-state index contributed by atoms with van der Waals surface area (Å²) in [4.78, 5) is 8.42. The Balaban J connectivity index is 2.20. The van der Waals surface area contributed by atoms with E-state index < -0.39 is 11.6 Å². The molecule has 88 valence electrons. The third-order valence-corrected chi connectivity index (χ3v) is 3.47. The van der Waals surface area contributed by atoms with Gasteiger partial charge >= 0.3 is 0 Å². The van der Waals surface area contributed by atoms with Crippen LogP contribution in [0.3, 0.4) is 0 Å². The summed E-state index contributed by atoms with van der Waals surface area (Å²) >= 11 is 5.97. The molecule has 1 aromatic carbocycles. The summed E-state index contributed by atoms with van der Waals surface area (Å²) in [6.45, 7) is 0. The maximum atomic E-state index is 13.1. The van der Waals surface area contributed by atoms with Crippen LogP contribution >= 0.6 is 11.6 Å². The lowest BCUT2D eigenvalue weighted by Gasteiger charge is -2.23. The Bertz CT molecular complexity index is 597. The number of hydrogen-bond donors (Lipinski definition) is 0. The molecule has 0 bridgehead atoms. The second-order valence-electron chi connectivity index (χ2n) is 4.28. The fraction of sp³-hybridized carbons (Fsp3) is 0.333. The largest absolute Gasteiger partial charge is 0.232 e. The van der Waals surface area contributed by atoms with Crippen LogP contribution in [0, 0.1) is 11.6 Å². The molecule has 1 heterocycles. The predicted molar refractivity (Wildman–Crippen MR) is 61.1 cm³/mol. The van der Waals surface area contributed by atoms with Crippen LogP contribution in [-0.4, -0.2) is 9.97 Å². The van der Waals surface area contributed by atoms with E-state index in [-0.39, 0.29) is 5.15 Å². The van der Waals surface area contributed by atoms with E-state index in [4.69, 9.17) is 11.6 Å². The molecular formula is C12H9ClF2N2. The number of halogens is 3. The minimum Gasteiger partial charge on any atom is -0.232 e. The highest BCUT2D eigenvalue weighted by Crippen LogP contribution is 2.36. The van der Waals surface area contributed by atoms with Gasteiger partial charge in [0.25, 0.3) is 0 Å². The van der Waals surface area contributed by atoms with Crippen LogP contribution in [0.2, 0.25) is 5.15 Å². The summed E-state index contributed by atoms with van der Waals surface area (Å²) < 4.78 is 26.2. The molecule has 5 heteroatoms. The molecule has 2 aromatic rings. The standard InChI is InChI=1S/C12H9ClF2N2/c13-11-7-4-8(14)9(15)5-10(7)16-12(17-11)6-2-1-3-6/h4-6H,1-3H2. The van der Waals surface area contributed by atoms with Gasteiger partial charge in [-0.1, -0.05) is 18.0 Å². The summed E-state index contributed by atoms with van der Waals surface area (Å²) in [6.07, 6.45) is 3.22. The number of rotatable bonds is 1. The lowest BCUT2D eigenvalue weighted by Crippen LogP contribution is -2.13. The highest BCUT2D eigenvalue weighted by Gasteiger charge is 2.23. The van der Waals surface area contributed by atoms with Crippen LogP contribution < -0.4 is 0 Å². The molecule has 1 aromatic heterocycles. The Labute approximate surface area is 102 Å². The molecule has 3 rings (SSSR count). The van der Waals surface area contributed by atoms with Crippen molar-refractivity contribution in [1.29, 1.82) is 0 Å². The Kier molecular flexibility index (Phi) is 2.47. The van der Waals surface area contributed by atoms with Crippen LogP contribution in [0.5, 0.6) is 0 Å². The van der Waals surface area contributed by atoms with Crippen molar-refractivity contribution in [3.63, 3.8) is 0 Å². The first-order valence-corrected chi connectivity index (χ1v) is 5.85. The summed E-state index contributed by atoms with van der Waals surface area (Å²) in [6, 6.07) is 2.11. The maximum Gasteiger partial charge on any atom is 0.161 e. The number of benzene rings is 1. The van der Waals surface area contributed by atoms with Gasteiger partial charge < -0.3 is 0 Å². The molecule has 1 fully saturated rings. The van der Waals surface area contributed by atoms with E-state index in [9.17, 15) is 8.78 Å². The lowest BCUT2D eigenvalue weighted by atomic mass is 9.85. The minimum absolute atomic E-state index is 0.191. The summed E-state index contributed by atoms with van der Waals surface area (Å²) in [5, 5.41) is 0.546. The molecular weight excluding hydrogens is 246 g/mol. The van der Waals surface area contributed by atoms with Crippen LogP contribution in [0.15, 0.2) is 12.1 Å². The zero-order valence-corrected chi connectivity index (χ0v) is 9.64. The van der Waals surface area contributed by atoms with E-state index in [1.54, 1.807) is 0 Å². The van der Waals surface area contributed by atoms with E-state index in [1.165, 1.54) is 0 Å². The Morgan fingerprint density at radius 2 is 1.82 bits per heavy atom. The number of nitrogens with zero attached hydrogens (tertiary/aromatic N) is 2. The second-order valence-corrected chi connectivity index (χ2v) is 4.64. The van der Waals surface area contributed by atoms with Crippen molar-refractivity contribution in [3.8, 4) is 0 Å². The zero-order chi connectivity index (χ0) is 12.0. The molecule has 1 aliphatic rings. The van der Waals surface area contributed by atoms with Crippen molar-refractivity contribution >= 4 is 22.5 Å². The van der Waals surface area contributed by atoms with Crippen LogP contribution in [0.4, 0.5) is 8.78 Å². The quantitative estimate of drug-likeness (QED) is 0.723. The fourth-order valence-corrected chi connectivity index (χ4v) is 2.19. The molecule has 2 nitrogen and oxygen atoms in total. The average Bonchev–Trinajstić information content (AvgIpc) is 2.19. The van der Waals surface area contributed by atoms with Crippen molar-refractivity contribution < 1.29 is 8.78 Å². The van der Waals surface area contributed by atoms with Gasteiger partial charge in [0, 0.05) is 17.4 Å². The molecule has 0 N–H and O–H groups in total. The van der Waals surface area contributed by atoms with Gasteiger partial charge in [-0.25, -0.2) is 18.7 Å². The Morgan fingerprint density at radius 3 is 2.47 bits per heavy atom. The molecule has 0 aliphatic heterocycles. The molecule has 1 saturated carbocycles. The minimum atomic E-state index is -0.931. The van der Waals surface area contributed by atoms with Crippen molar-refractivity contribution in [1.82, 2.24) is 9.97 Å². The molecule has 17 heavy (non-hydrogen) atoms. The van der Waals surface area contributed by atoms with Crippen LogP contribution in [0.25, 0.3) is 10.9 Å². The van der Waals surface area contributed by atoms with Crippen LogP contribution in [-0.2, 0) is 0 Å². The third-order valence-electron chi connectivity index (χ3n) is 3.18. The van der Waals surface area contributed by atoms with E-state index in [0.717, 1.165) is 31.4 Å². The summed E-state index contributed by atoms with van der Waals surface area (Å²) in [7, 11) is 0. The summed E-state index contributed by atoms with van der Waals surface area (Å²) in [5.41, 5.74) is 0.366. The smallest absolute Gasteiger partial charge is 0.161 e. The van der Waals surface area contributed by atoms with Gasteiger partial charge in [0.2, 0.25) is 0 Å². The van der Waals surface area contributed by atoms with Gasteiger partial charge in [-0.15, -0.1) is 0 Å². The van der Waals surface area contributed by atoms with E-state index in [1.807, 2.05) is 0 Å². The Morgan fingerprint density at radius 1 is 1.12 bits per heavy atom. The van der Waals surface area contributed by atoms with Gasteiger partial charge in [-0.3, -0.25) is 0 Å². The molecule has 0 radical (unpaired) electrons. The number of fused-ring (bicyclic) bond motifs is 1. The highest BCUT2D eigenvalue weighted by atomic mass is 35.5. The van der Waals surface area contributed by atoms with E-state index >= 15 is 0 Å². The van der Waals surface area contributed by atoms with Crippen molar-refractivity contribution in [2.75, 3.05) is 0 Å². The lowest BCUT2D eigenvalue weighted by molar-refractivity contribution is 0.402. The SMILES string of the molecule is Fc1cc2nc(C3CCC3)nc(Cl)c2cc1F. The average molecular weight is 255 g/mol. The molecule has 0 amide bonds. The van der Waals surface area contributed by atoms with Gasteiger partial charge in [0.15, 0.2) is 11.6 Å². The summed E-state index contributed by atoms with van der Waals surface area (Å²) in [5.74, 6) is -0.893. The van der Waals surface area contributed by atoms with Crippen molar-refractivity contribution in [2.24, 2.45) is 0 Å². The first-order valence-electron chi connectivity index (χ1n) is 5.47. The number of aromatic nitrogens is 2. The second kappa shape index (κ2) is 3.88. The van der Waals surface area contributed by atoms with Gasteiger partial charge in [-0.2, -0.15) is 0 Å². The topological polar surface area (TPSA) is 25.8 Å². The monoisotopic (exact) mass is 254 g/mol. The van der Waals surface area contributed by atoms with Gasteiger partial charge in [0.1, 0.15) is 11.0 Å². The molecule has 1 aliphatic carbocycles. The first kappa shape index (κ1) is 10.8. The highest BCUT2D eigenvalue weighted by molar-refractivity contribution is 6.34. The molecule has 0 saturated heterocycles. The van der Waals surface area contributed by atoms with E-state index in [0.29, 0.717) is 22.6 Å².